The maximum Gasteiger partial charge on any atom is 0.255 e. The summed E-state index contributed by atoms with van der Waals surface area (Å²) in [5, 5.41) is 3.16. The molecule has 0 atom stereocenters. The van der Waals surface area contributed by atoms with E-state index in [-0.39, 0.29) is 11.7 Å². The van der Waals surface area contributed by atoms with E-state index in [2.05, 4.69) is 27.9 Å². The SMILES string of the molecule is Cc1cc(F)cc(NC(=O)c2ccc(I)c(Cl)c2)c1. The lowest BCUT2D eigenvalue weighted by Gasteiger charge is -2.07. The fraction of sp³-hybridized carbons (Fsp3) is 0.0714. The second kappa shape index (κ2) is 5.88. The van der Waals surface area contributed by atoms with Crippen molar-refractivity contribution in [2.24, 2.45) is 0 Å². The molecule has 0 aliphatic carbocycles. The van der Waals surface area contributed by atoms with Crippen molar-refractivity contribution in [2.75, 3.05) is 5.32 Å². The van der Waals surface area contributed by atoms with Gasteiger partial charge in [0.2, 0.25) is 0 Å². The van der Waals surface area contributed by atoms with Gasteiger partial charge in [-0.15, -0.1) is 0 Å². The Labute approximate surface area is 129 Å². The zero-order valence-electron chi connectivity index (χ0n) is 10.0. The molecule has 0 bridgehead atoms. The van der Waals surface area contributed by atoms with Gasteiger partial charge in [0.25, 0.3) is 5.91 Å². The monoisotopic (exact) mass is 389 g/mol. The van der Waals surface area contributed by atoms with Crippen molar-refractivity contribution in [1.82, 2.24) is 0 Å². The van der Waals surface area contributed by atoms with Crippen LogP contribution in [0.5, 0.6) is 0 Å². The number of carbonyl (C=O) groups is 1. The molecule has 5 heteroatoms. The summed E-state index contributed by atoms with van der Waals surface area (Å²) in [5.41, 5.74) is 1.61. The van der Waals surface area contributed by atoms with Gasteiger partial charge in [0.05, 0.1) is 5.02 Å². The largest absolute Gasteiger partial charge is 0.322 e. The summed E-state index contributed by atoms with van der Waals surface area (Å²) in [6.07, 6.45) is 0. The number of amides is 1. The first kappa shape index (κ1) is 14.3. The molecule has 0 aromatic heterocycles. The molecule has 2 nitrogen and oxygen atoms in total. The number of hydrogen-bond acceptors (Lipinski definition) is 1. The summed E-state index contributed by atoms with van der Waals surface area (Å²) in [6, 6.07) is 9.40. The molecule has 0 radical (unpaired) electrons. The standard InChI is InChI=1S/C14H10ClFINO/c1-8-4-10(16)7-11(5-8)18-14(19)9-2-3-13(17)12(15)6-9/h2-7H,1H3,(H,18,19). The molecule has 0 aliphatic heterocycles. The summed E-state index contributed by atoms with van der Waals surface area (Å²) in [5.74, 6) is -0.695. The number of nitrogens with one attached hydrogen (secondary N) is 1. The molecule has 0 spiro atoms. The van der Waals surface area contributed by atoms with Gasteiger partial charge in [0, 0.05) is 14.8 Å². The Morgan fingerprint density at radius 1 is 1.26 bits per heavy atom. The minimum absolute atomic E-state index is 0.316. The van der Waals surface area contributed by atoms with Gasteiger partial charge in [-0.1, -0.05) is 11.6 Å². The lowest BCUT2D eigenvalue weighted by molar-refractivity contribution is 0.102. The molecule has 0 saturated carbocycles. The number of hydrogen-bond donors (Lipinski definition) is 1. The first-order valence-corrected chi connectivity index (χ1v) is 6.95. The van der Waals surface area contributed by atoms with Gasteiger partial charge in [0.1, 0.15) is 5.82 Å². The Morgan fingerprint density at radius 2 is 2.00 bits per heavy atom. The van der Waals surface area contributed by atoms with Gasteiger partial charge in [-0.25, -0.2) is 4.39 Å². The summed E-state index contributed by atoms with van der Waals surface area (Å²) < 4.78 is 14.1. The van der Waals surface area contributed by atoms with E-state index in [1.165, 1.54) is 12.1 Å². The predicted molar refractivity (Wildman–Crippen MR) is 83.3 cm³/mol. The molecule has 98 valence electrons. The van der Waals surface area contributed by atoms with E-state index in [4.69, 9.17) is 11.6 Å². The minimum Gasteiger partial charge on any atom is -0.322 e. The minimum atomic E-state index is -0.379. The maximum absolute atomic E-state index is 13.2. The van der Waals surface area contributed by atoms with Crippen molar-refractivity contribution < 1.29 is 9.18 Å². The number of halogens is 3. The molecule has 0 fully saturated rings. The molecule has 0 aliphatic rings. The van der Waals surface area contributed by atoms with E-state index < -0.39 is 0 Å². The van der Waals surface area contributed by atoms with E-state index >= 15 is 0 Å². The van der Waals surface area contributed by atoms with Crippen LogP contribution in [-0.2, 0) is 0 Å². The van der Waals surface area contributed by atoms with Gasteiger partial charge in [0.15, 0.2) is 0 Å². The zero-order chi connectivity index (χ0) is 14.0. The van der Waals surface area contributed by atoms with Crippen molar-refractivity contribution in [1.29, 1.82) is 0 Å². The molecular weight excluding hydrogens is 380 g/mol. The van der Waals surface area contributed by atoms with Crippen LogP contribution in [0.15, 0.2) is 36.4 Å². The van der Waals surface area contributed by atoms with Gasteiger partial charge in [-0.2, -0.15) is 0 Å². The zero-order valence-corrected chi connectivity index (χ0v) is 12.9. The van der Waals surface area contributed by atoms with Crippen molar-refractivity contribution in [3.8, 4) is 0 Å². The van der Waals surface area contributed by atoms with Crippen molar-refractivity contribution in [2.45, 2.75) is 6.92 Å². The first-order valence-electron chi connectivity index (χ1n) is 5.49. The Morgan fingerprint density at radius 3 is 2.63 bits per heavy atom. The van der Waals surface area contributed by atoms with Crippen LogP contribution in [0.25, 0.3) is 0 Å². The predicted octanol–water partition coefficient (Wildman–Crippen LogP) is 4.64. The fourth-order valence-electron chi connectivity index (χ4n) is 1.65. The highest BCUT2D eigenvalue weighted by atomic mass is 127. The highest BCUT2D eigenvalue weighted by Crippen LogP contribution is 2.21. The van der Waals surface area contributed by atoms with Crippen LogP contribution in [0.4, 0.5) is 10.1 Å². The summed E-state index contributed by atoms with van der Waals surface area (Å²) in [6.45, 7) is 1.76. The van der Waals surface area contributed by atoms with E-state index in [0.717, 1.165) is 9.13 Å². The molecule has 1 amide bonds. The summed E-state index contributed by atoms with van der Waals surface area (Å²) >= 11 is 8.05. The highest BCUT2D eigenvalue weighted by Gasteiger charge is 2.09. The van der Waals surface area contributed by atoms with Crippen molar-refractivity contribution in [3.63, 3.8) is 0 Å². The van der Waals surface area contributed by atoms with Gasteiger partial charge < -0.3 is 5.32 Å². The molecule has 2 aromatic carbocycles. The highest BCUT2D eigenvalue weighted by molar-refractivity contribution is 14.1. The van der Waals surface area contributed by atoms with Crippen LogP contribution in [0.1, 0.15) is 15.9 Å². The Balaban J connectivity index is 2.22. The van der Waals surface area contributed by atoms with Crippen molar-refractivity contribution in [3.05, 3.63) is 61.9 Å². The number of anilines is 1. The third kappa shape index (κ3) is 3.67. The molecule has 2 aromatic rings. The third-order valence-corrected chi connectivity index (χ3v) is 4.05. The first-order chi connectivity index (χ1) is 8.95. The van der Waals surface area contributed by atoms with Gasteiger partial charge in [-0.05, 0) is 71.5 Å². The van der Waals surface area contributed by atoms with Crippen molar-refractivity contribution >= 4 is 45.8 Å². The fourth-order valence-corrected chi connectivity index (χ4v) is 2.17. The second-order valence-corrected chi connectivity index (χ2v) is 5.67. The number of aryl methyl sites for hydroxylation is 1. The summed E-state index contributed by atoms with van der Waals surface area (Å²) in [4.78, 5) is 12.0. The van der Waals surface area contributed by atoms with Crippen LogP contribution in [-0.4, -0.2) is 5.91 Å². The maximum atomic E-state index is 13.2. The molecule has 19 heavy (non-hydrogen) atoms. The number of rotatable bonds is 2. The smallest absolute Gasteiger partial charge is 0.255 e. The lowest BCUT2D eigenvalue weighted by Crippen LogP contribution is -2.12. The second-order valence-electron chi connectivity index (χ2n) is 4.10. The Hall–Kier alpha value is -1.14. The normalized spacial score (nSPS) is 10.3. The topological polar surface area (TPSA) is 29.1 Å². The summed E-state index contributed by atoms with van der Waals surface area (Å²) in [7, 11) is 0. The molecule has 2 rings (SSSR count). The van der Waals surface area contributed by atoms with Crippen LogP contribution in [0.2, 0.25) is 5.02 Å². The van der Waals surface area contributed by atoms with E-state index in [1.54, 1.807) is 31.2 Å². The Kier molecular flexibility index (Phi) is 4.42. The lowest BCUT2D eigenvalue weighted by atomic mass is 10.2. The van der Waals surface area contributed by atoms with E-state index in [1.807, 2.05) is 0 Å². The molecule has 0 saturated heterocycles. The average Bonchev–Trinajstić information content (AvgIpc) is 2.31. The molecule has 0 heterocycles. The molecule has 1 N–H and O–H groups in total. The van der Waals surface area contributed by atoms with Crippen LogP contribution >= 0.6 is 34.2 Å². The number of benzene rings is 2. The quantitative estimate of drug-likeness (QED) is 0.745. The Bertz CT molecular complexity index is 625. The molecular formula is C14H10ClFINO. The van der Waals surface area contributed by atoms with Gasteiger partial charge >= 0.3 is 0 Å². The number of carbonyl (C=O) groups excluding carboxylic acids is 1. The van der Waals surface area contributed by atoms with Crippen LogP contribution in [0, 0.1) is 16.3 Å². The third-order valence-electron chi connectivity index (χ3n) is 2.48. The van der Waals surface area contributed by atoms with Crippen LogP contribution in [0.3, 0.4) is 0 Å². The van der Waals surface area contributed by atoms with E-state index in [0.29, 0.717) is 16.3 Å². The van der Waals surface area contributed by atoms with Crippen LogP contribution < -0.4 is 5.32 Å². The van der Waals surface area contributed by atoms with Gasteiger partial charge in [-0.3, -0.25) is 4.79 Å². The average molecular weight is 390 g/mol. The molecule has 0 unspecified atom stereocenters. The van der Waals surface area contributed by atoms with E-state index in [9.17, 15) is 9.18 Å².